The van der Waals surface area contributed by atoms with Gasteiger partial charge in [-0.2, -0.15) is 0 Å². The lowest BCUT2D eigenvalue weighted by molar-refractivity contribution is -0.384. The minimum atomic E-state index is -0.861. The van der Waals surface area contributed by atoms with Crippen LogP contribution in [0.5, 0.6) is 5.75 Å². The number of ether oxygens (including phenoxy) is 2. The van der Waals surface area contributed by atoms with Gasteiger partial charge < -0.3 is 9.47 Å². The summed E-state index contributed by atoms with van der Waals surface area (Å²) < 4.78 is 9.78. The van der Waals surface area contributed by atoms with Crippen LogP contribution in [-0.4, -0.2) is 22.7 Å². The number of nitro groups is 1. The van der Waals surface area contributed by atoms with E-state index in [1.165, 1.54) is 24.3 Å². The van der Waals surface area contributed by atoms with E-state index in [2.05, 4.69) is 4.98 Å². The molecule has 8 heteroatoms. The van der Waals surface area contributed by atoms with Gasteiger partial charge in [-0.3, -0.25) is 15.1 Å². The molecule has 0 unspecified atom stereocenters. The minimum Gasteiger partial charge on any atom is -0.434 e. The number of carbonyl (C=O) groups excluding carboxylic acids is 1. The summed E-state index contributed by atoms with van der Waals surface area (Å²) in [6, 6.07) is 10.6. The monoisotopic (exact) mass is 324 g/mol. The van der Waals surface area contributed by atoms with Crippen molar-refractivity contribution < 1.29 is 19.2 Å². The number of nitrogens with zero attached hydrogens (tertiary/aromatic N) is 2. The first-order valence-corrected chi connectivity index (χ1v) is 6.14. The molecule has 1 heterocycles. The zero-order valence-corrected chi connectivity index (χ0v) is 12.2. The number of benzene rings is 1. The number of non-ortho nitro benzene ring substituents is 1. The van der Waals surface area contributed by atoms with E-state index in [1.807, 2.05) is 12.1 Å². The zero-order chi connectivity index (χ0) is 15.1. The topological polar surface area (TPSA) is 91.6 Å². The molecule has 0 aliphatic rings. The van der Waals surface area contributed by atoms with Gasteiger partial charge in [0.05, 0.1) is 4.92 Å². The van der Waals surface area contributed by atoms with Gasteiger partial charge in [0.15, 0.2) is 0 Å². The van der Waals surface area contributed by atoms with Crippen molar-refractivity contribution in [3.8, 4) is 5.75 Å². The molecule has 22 heavy (non-hydrogen) atoms. The minimum absolute atomic E-state index is 0. The second kappa shape index (κ2) is 8.58. The van der Waals surface area contributed by atoms with Gasteiger partial charge in [-0.15, -0.1) is 12.4 Å². The summed E-state index contributed by atoms with van der Waals surface area (Å²) in [7, 11) is 0. The highest BCUT2D eigenvalue weighted by Crippen LogP contribution is 2.17. The smallest absolute Gasteiger partial charge is 0.434 e. The van der Waals surface area contributed by atoms with E-state index in [0.29, 0.717) is 6.42 Å². The maximum absolute atomic E-state index is 11.4. The zero-order valence-electron chi connectivity index (χ0n) is 11.4. The van der Waals surface area contributed by atoms with Crippen molar-refractivity contribution in [1.82, 2.24) is 4.98 Å². The molecular weight excluding hydrogens is 312 g/mol. The molecule has 0 amide bonds. The molecule has 7 nitrogen and oxygen atoms in total. The molecule has 0 N–H and O–H groups in total. The molecule has 2 rings (SSSR count). The van der Waals surface area contributed by atoms with Crippen molar-refractivity contribution in [3.05, 3.63) is 64.5 Å². The van der Waals surface area contributed by atoms with Crippen LogP contribution in [0.15, 0.2) is 48.7 Å². The summed E-state index contributed by atoms with van der Waals surface area (Å²) in [5, 5.41) is 10.5. The van der Waals surface area contributed by atoms with Crippen molar-refractivity contribution in [2.24, 2.45) is 0 Å². The lowest BCUT2D eigenvalue weighted by Gasteiger charge is -2.05. The Labute approximate surface area is 132 Å². The molecule has 1 aromatic carbocycles. The van der Waals surface area contributed by atoms with Gasteiger partial charge in [-0.05, 0) is 24.3 Å². The van der Waals surface area contributed by atoms with E-state index >= 15 is 0 Å². The maximum Gasteiger partial charge on any atom is 0.513 e. The van der Waals surface area contributed by atoms with Crippen LogP contribution in [0, 0.1) is 10.1 Å². The summed E-state index contributed by atoms with van der Waals surface area (Å²) in [4.78, 5) is 25.5. The summed E-state index contributed by atoms with van der Waals surface area (Å²) in [5.41, 5.74) is 0.728. The van der Waals surface area contributed by atoms with Gasteiger partial charge in [0.25, 0.3) is 5.69 Å². The molecule has 2 aromatic rings. The Kier molecular flexibility index (Phi) is 6.78. The Morgan fingerprint density at radius 2 is 1.91 bits per heavy atom. The molecule has 0 atom stereocenters. The second-order valence-corrected chi connectivity index (χ2v) is 4.02. The molecule has 0 fully saturated rings. The summed E-state index contributed by atoms with van der Waals surface area (Å²) in [6.45, 7) is 0.142. The van der Waals surface area contributed by atoms with Crippen molar-refractivity contribution in [1.29, 1.82) is 0 Å². The average molecular weight is 325 g/mol. The average Bonchev–Trinajstić information content (AvgIpc) is 2.49. The molecule has 0 aliphatic heterocycles. The van der Waals surface area contributed by atoms with E-state index < -0.39 is 11.1 Å². The van der Waals surface area contributed by atoms with Gasteiger partial charge in [0, 0.05) is 30.4 Å². The largest absolute Gasteiger partial charge is 0.513 e. The van der Waals surface area contributed by atoms with Crippen LogP contribution >= 0.6 is 12.4 Å². The molecule has 116 valence electrons. The van der Waals surface area contributed by atoms with E-state index in [1.54, 1.807) is 12.3 Å². The number of hydrogen-bond acceptors (Lipinski definition) is 6. The summed E-state index contributed by atoms with van der Waals surface area (Å²) in [6.07, 6.45) is 1.28. The number of carbonyl (C=O) groups is 1. The maximum atomic E-state index is 11.4. The Bertz CT molecular complexity index is 619. The van der Waals surface area contributed by atoms with Crippen LogP contribution in [0.4, 0.5) is 10.5 Å². The van der Waals surface area contributed by atoms with Crippen LogP contribution < -0.4 is 4.74 Å². The van der Waals surface area contributed by atoms with Crippen LogP contribution in [-0.2, 0) is 11.2 Å². The van der Waals surface area contributed by atoms with Crippen LogP contribution in [0.2, 0.25) is 0 Å². The third kappa shape index (κ3) is 5.37. The first-order valence-electron chi connectivity index (χ1n) is 6.14. The van der Waals surface area contributed by atoms with E-state index in [-0.39, 0.29) is 30.5 Å². The molecule has 1 aromatic heterocycles. The van der Waals surface area contributed by atoms with Gasteiger partial charge in [0.1, 0.15) is 12.4 Å². The molecule has 0 saturated carbocycles. The van der Waals surface area contributed by atoms with E-state index in [4.69, 9.17) is 9.47 Å². The Morgan fingerprint density at radius 1 is 1.18 bits per heavy atom. The van der Waals surface area contributed by atoms with Gasteiger partial charge in [-0.25, -0.2) is 4.79 Å². The first-order chi connectivity index (χ1) is 10.1. The van der Waals surface area contributed by atoms with Gasteiger partial charge >= 0.3 is 6.16 Å². The normalized spacial score (nSPS) is 9.45. The molecule has 0 aliphatic carbocycles. The fourth-order valence-corrected chi connectivity index (χ4v) is 1.55. The molecule has 0 radical (unpaired) electrons. The Morgan fingerprint density at radius 3 is 2.50 bits per heavy atom. The highest BCUT2D eigenvalue weighted by Gasteiger charge is 2.09. The first kappa shape index (κ1) is 17.4. The summed E-state index contributed by atoms with van der Waals surface area (Å²) in [5.74, 6) is 0.184. The molecule has 0 spiro atoms. The molecular formula is C14H13ClN2O5. The quantitative estimate of drug-likeness (QED) is 0.363. The number of halogens is 1. The van der Waals surface area contributed by atoms with Gasteiger partial charge in [0.2, 0.25) is 0 Å². The predicted octanol–water partition coefficient (Wildman–Crippen LogP) is 3.17. The van der Waals surface area contributed by atoms with Crippen molar-refractivity contribution in [2.45, 2.75) is 6.42 Å². The van der Waals surface area contributed by atoms with Crippen LogP contribution in [0.25, 0.3) is 0 Å². The second-order valence-electron chi connectivity index (χ2n) is 4.02. The SMILES string of the molecule is Cl.O=C(OCCc1ccccn1)Oc1ccc([N+](=O)[O-])cc1. The highest BCUT2D eigenvalue weighted by molar-refractivity contribution is 5.85. The number of rotatable bonds is 5. The number of nitro benzene ring substituents is 1. The lowest BCUT2D eigenvalue weighted by atomic mass is 10.3. The van der Waals surface area contributed by atoms with Crippen molar-refractivity contribution in [2.75, 3.05) is 6.61 Å². The predicted molar refractivity (Wildman–Crippen MR) is 80.3 cm³/mol. The van der Waals surface area contributed by atoms with Crippen LogP contribution in [0.1, 0.15) is 5.69 Å². The fraction of sp³-hybridized carbons (Fsp3) is 0.143. The highest BCUT2D eigenvalue weighted by atomic mass is 35.5. The molecule has 0 bridgehead atoms. The summed E-state index contributed by atoms with van der Waals surface area (Å²) >= 11 is 0. The van der Waals surface area contributed by atoms with E-state index in [9.17, 15) is 14.9 Å². The standard InChI is InChI=1S/C14H12N2O5.ClH/c17-14(20-10-8-11-3-1-2-9-15-11)21-13-6-4-12(5-7-13)16(18)19;/h1-7,9H,8,10H2;1H. The molecule has 0 saturated heterocycles. The van der Waals surface area contributed by atoms with Crippen LogP contribution in [0.3, 0.4) is 0 Å². The van der Waals surface area contributed by atoms with Crippen molar-refractivity contribution in [3.63, 3.8) is 0 Å². The fourth-order valence-electron chi connectivity index (χ4n) is 1.55. The third-order valence-electron chi connectivity index (χ3n) is 2.55. The van der Waals surface area contributed by atoms with E-state index in [0.717, 1.165) is 5.69 Å². The lowest BCUT2D eigenvalue weighted by Crippen LogP contribution is -2.13. The van der Waals surface area contributed by atoms with Crippen molar-refractivity contribution >= 4 is 24.2 Å². The number of pyridine rings is 1. The third-order valence-corrected chi connectivity index (χ3v) is 2.55. The Balaban J connectivity index is 0.00000242. The number of aromatic nitrogens is 1. The number of hydrogen-bond donors (Lipinski definition) is 0. The Hall–Kier alpha value is -2.67. The van der Waals surface area contributed by atoms with Gasteiger partial charge in [-0.1, -0.05) is 6.07 Å².